The molecule has 10 nitrogen and oxygen atoms in total. The first kappa shape index (κ1) is 26.2. The van der Waals surface area contributed by atoms with E-state index in [1.165, 1.54) is 32.2 Å². The van der Waals surface area contributed by atoms with Gasteiger partial charge in [-0.05, 0) is 19.9 Å². The summed E-state index contributed by atoms with van der Waals surface area (Å²) in [6.07, 6.45) is -7.87. The standard InChI is InChI=1S/C27H27FO10/c1-10-15(30)7-14(28)26(37-10)38-17-9-27(35,11(2)29)8-13-19(17)25(34)21-20(23(13)32)22(31)12-5-4-6-16(36-3)18(12)24(21)33/h4-6,10,14-15,17,26,30,32,34-35H,7-9H2,1-3H3/t10-,14+,15-,17-,26-,27-/m0/s1. The molecule has 3 aliphatic rings. The summed E-state index contributed by atoms with van der Waals surface area (Å²) >= 11 is 0. The zero-order valence-corrected chi connectivity index (χ0v) is 20.9. The summed E-state index contributed by atoms with van der Waals surface area (Å²) in [5.74, 6) is -3.54. The summed E-state index contributed by atoms with van der Waals surface area (Å²) in [6.45, 7) is 2.64. The Morgan fingerprint density at radius 2 is 1.82 bits per heavy atom. The Bertz CT molecular complexity index is 1370. The van der Waals surface area contributed by atoms with E-state index in [1.54, 1.807) is 0 Å². The van der Waals surface area contributed by atoms with Crippen molar-refractivity contribution in [1.82, 2.24) is 0 Å². The van der Waals surface area contributed by atoms with Gasteiger partial charge in [-0.3, -0.25) is 14.4 Å². The molecule has 0 spiro atoms. The van der Waals surface area contributed by atoms with Crippen LogP contribution in [0.25, 0.3) is 0 Å². The molecule has 2 aromatic carbocycles. The van der Waals surface area contributed by atoms with Gasteiger partial charge >= 0.3 is 0 Å². The number of alkyl halides is 1. The minimum absolute atomic E-state index is 0.0506. The predicted molar refractivity (Wildman–Crippen MR) is 127 cm³/mol. The molecule has 2 aromatic rings. The summed E-state index contributed by atoms with van der Waals surface area (Å²) in [5, 5.41) is 43.8. The van der Waals surface area contributed by atoms with Gasteiger partial charge in [-0.15, -0.1) is 0 Å². The summed E-state index contributed by atoms with van der Waals surface area (Å²) in [6, 6.07) is 4.35. The van der Waals surface area contributed by atoms with Crippen LogP contribution in [0.5, 0.6) is 17.2 Å². The van der Waals surface area contributed by atoms with Gasteiger partial charge in [0.15, 0.2) is 24.0 Å². The van der Waals surface area contributed by atoms with Gasteiger partial charge in [-0.25, -0.2) is 4.39 Å². The predicted octanol–water partition coefficient (Wildman–Crippen LogP) is 2.04. The minimum atomic E-state index is -2.09. The maximum Gasteiger partial charge on any atom is 0.202 e. The average Bonchev–Trinajstić information content (AvgIpc) is 2.87. The summed E-state index contributed by atoms with van der Waals surface area (Å²) in [7, 11) is 1.31. The highest BCUT2D eigenvalue weighted by molar-refractivity contribution is 6.31. The number of phenols is 2. The number of aliphatic hydroxyl groups excluding tert-OH is 1. The van der Waals surface area contributed by atoms with Crippen LogP contribution in [0, 0.1) is 0 Å². The number of carbonyl (C=O) groups excluding carboxylic acids is 3. The van der Waals surface area contributed by atoms with Gasteiger partial charge in [-0.2, -0.15) is 0 Å². The van der Waals surface area contributed by atoms with E-state index in [-0.39, 0.29) is 34.4 Å². The fourth-order valence-electron chi connectivity index (χ4n) is 5.50. The second kappa shape index (κ2) is 9.12. The molecule has 11 heteroatoms. The number of hydrogen-bond donors (Lipinski definition) is 4. The van der Waals surface area contributed by atoms with E-state index < -0.39 is 89.2 Å². The van der Waals surface area contributed by atoms with Crippen molar-refractivity contribution in [2.75, 3.05) is 7.11 Å². The number of aromatic hydroxyl groups is 2. The lowest BCUT2D eigenvalue weighted by Crippen LogP contribution is -2.49. The number of phenolic OH excluding ortho intramolecular Hbond substituents is 2. The van der Waals surface area contributed by atoms with E-state index in [4.69, 9.17) is 14.2 Å². The number of ether oxygens (including phenoxy) is 3. The number of carbonyl (C=O) groups is 3. The molecule has 1 fully saturated rings. The Morgan fingerprint density at radius 3 is 2.47 bits per heavy atom. The van der Waals surface area contributed by atoms with E-state index in [9.17, 15) is 39.2 Å². The number of ketones is 3. The fourth-order valence-corrected chi connectivity index (χ4v) is 5.50. The van der Waals surface area contributed by atoms with Crippen LogP contribution in [0.1, 0.15) is 75.8 Å². The van der Waals surface area contributed by atoms with E-state index in [2.05, 4.69) is 0 Å². The molecular formula is C27H27FO10. The van der Waals surface area contributed by atoms with Crippen molar-refractivity contribution in [3.8, 4) is 17.2 Å². The number of fused-ring (bicyclic) bond motifs is 3. The molecule has 0 amide bonds. The van der Waals surface area contributed by atoms with Crippen LogP contribution < -0.4 is 4.74 Å². The first-order valence-electron chi connectivity index (χ1n) is 12.1. The Balaban J connectivity index is 1.70. The summed E-state index contributed by atoms with van der Waals surface area (Å²) in [4.78, 5) is 39.5. The number of aliphatic hydroxyl groups is 2. The van der Waals surface area contributed by atoms with Crippen molar-refractivity contribution >= 4 is 17.3 Å². The zero-order chi connectivity index (χ0) is 27.7. The smallest absolute Gasteiger partial charge is 0.202 e. The van der Waals surface area contributed by atoms with Gasteiger partial charge in [0.25, 0.3) is 0 Å². The van der Waals surface area contributed by atoms with E-state index in [1.807, 2.05) is 0 Å². The molecule has 5 rings (SSSR count). The molecule has 0 aromatic heterocycles. The lowest BCUT2D eigenvalue weighted by molar-refractivity contribution is -0.268. The van der Waals surface area contributed by atoms with Crippen LogP contribution in [0.15, 0.2) is 18.2 Å². The number of hydrogen-bond acceptors (Lipinski definition) is 10. The normalized spacial score (nSPS) is 30.3. The second-order valence-corrected chi connectivity index (χ2v) is 10.0. The molecule has 0 unspecified atom stereocenters. The largest absolute Gasteiger partial charge is 0.507 e. The van der Waals surface area contributed by atoms with Gasteiger partial charge in [0, 0.05) is 36.0 Å². The molecule has 4 N–H and O–H groups in total. The van der Waals surface area contributed by atoms with Crippen LogP contribution in [-0.4, -0.2) is 75.2 Å². The molecule has 0 saturated carbocycles. The lowest BCUT2D eigenvalue weighted by Gasteiger charge is -2.41. The number of rotatable bonds is 4. The second-order valence-electron chi connectivity index (χ2n) is 10.0. The first-order valence-corrected chi connectivity index (χ1v) is 12.1. The van der Waals surface area contributed by atoms with Crippen LogP contribution in [0.3, 0.4) is 0 Å². The van der Waals surface area contributed by atoms with Crippen LogP contribution in [0.2, 0.25) is 0 Å². The Kier molecular flexibility index (Phi) is 6.30. The van der Waals surface area contributed by atoms with Crippen molar-refractivity contribution in [1.29, 1.82) is 0 Å². The quantitative estimate of drug-likeness (QED) is 0.368. The van der Waals surface area contributed by atoms with Crippen molar-refractivity contribution in [2.24, 2.45) is 0 Å². The molecule has 38 heavy (non-hydrogen) atoms. The van der Waals surface area contributed by atoms with Gasteiger partial charge in [0.2, 0.25) is 5.78 Å². The molecule has 202 valence electrons. The molecule has 1 saturated heterocycles. The maximum atomic E-state index is 14.8. The third kappa shape index (κ3) is 3.80. The highest BCUT2D eigenvalue weighted by atomic mass is 19.1. The highest BCUT2D eigenvalue weighted by Crippen LogP contribution is 2.52. The number of benzene rings is 2. The summed E-state index contributed by atoms with van der Waals surface area (Å²) in [5.41, 5.74) is -3.56. The number of methoxy groups -OCH3 is 1. The Hall–Kier alpha value is -3.38. The van der Waals surface area contributed by atoms with E-state index >= 15 is 0 Å². The van der Waals surface area contributed by atoms with E-state index in [0.717, 1.165) is 6.92 Å². The van der Waals surface area contributed by atoms with Crippen molar-refractivity contribution in [3.63, 3.8) is 0 Å². The zero-order valence-electron chi connectivity index (χ0n) is 20.9. The van der Waals surface area contributed by atoms with Crippen LogP contribution >= 0.6 is 0 Å². The molecule has 1 aliphatic heterocycles. The van der Waals surface area contributed by atoms with Crippen LogP contribution in [-0.2, 0) is 20.7 Å². The SMILES string of the molecule is COc1cccc2c1C(=O)c1c(O)c3c(c(O)c1C2=O)C[C@@](O)(C(C)=O)C[C@@H]3O[C@@H]1O[C@@H](C)[C@@H](O)C[C@H]1F. The monoisotopic (exact) mass is 530 g/mol. The average molecular weight is 531 g/mol. The van der Waals surface area contributed by atoms with Gasteiger partial charge in [-0.1, -0.05) is 12.1 Å². The van der Waals surface area contributed by atoms with Gasteiger partial charge in [0.05, 0.1) is 42.1 Å². The van der Waals surface area contributed by atoms with Gasteiger partial charge in [0.1, 0.15) is 22.8 Å². The number of Topliss-reactive ketones (excluding diaryl/α,β-unsaturated/α-hetero) is 1. The first-order chi connectivity index (χ1) is 17.9. The van der Waals surface area contributed by atoms with Crippen LogP contribution in [0.4, 0.5) is 4.39 Å². The van der Waals surface area contributed by atoms with Crippen molar-refractivity contribution in [2.45, 2.75) is 69.5 Å². The molecule has 1 heterocycles. The topological polar surface area (TPSA) is 160 Å². The van der Waals surface area contributed by atoms with Crippen molar-refractivity contribution < 1.29 is 53.4 Å². The number of halogens is 1. The Morgan fingerprint density at radius 1 is 1.13 bits per heavy atom. The molecule has 6 atom stereocenters. The third-order valence-corrected chi connectivity index (χ3v) is 7.68. The lowest BCUT2D eigenvalue weighted by atomic mass is 9.72. The van der Waals surface area contributed by atoms with E-state index in [0.29, 0.717) is 0 Å². The molecule has 0 bridgehead atoms. The maximum absolute atomic E-state index is 14.8. The molecule has 0 radical (unpaired) electrons. The minimum Gasteiger partial charge on any atom is -0.507 e. The van der Waals surface area contributed by atoms with Gasteiger partial charge < -0.3 is 34.6 Å². The molecular weight excluding hydrogens is 503 g/mol. The highest BCUT2D eigenvalue weighted by Gasteiger charge is 2.50. The third-order valence-electron chi connectivity index (χ3n) is 7.68. The van der Waals surface area contributed by atoms with Crippen molar-refractivity contribution in [3.05, 3.63) is 51.6 Å². The molecule has 2 aliphatic carbocycles. The summed E-state index contributed by atoms with van der Waals surface area (Å²) < 4.78 is 31.3. The fraction of sp³-hybridized carbons (Fsp3) is 0.444. The Labute approximate surface area is 216 Å².